The molecule has 2 aromatic carbocycles. The van der Waals surface area contributed by atoms with Crippen LogP contribution in [0.2, 0.25) is 0 Å². The molecular formula is C18H19NO. The van der Waals surface area contributed by atoms with Gasteiger partial charge in [0.1, 0.15) is 5.58 Å². The quantitative estimate of drug-likeness (QED) is 0.702. The van der Waals surface area contributed by atoms with Crippen LogP contribution >= 0.6 is 0 Å². The third-order valence-electron chi connectivity index (χ3n) is 3.54. The SMILES string of the molecule is CCCc1ccc(NCc2coc3ccccc23)cc1. The van der Waals surface area contributed by atoms with Crippen LogP contribution in [0.4, 0.5) is 5.69 Å². The molecule has 0 amide bonds. The summed E-state index contributed by atoms with van der Waals surface area (Å²) in [6.45, 7) is 2.99. The molecule has 0 saturated carbocycles. The molecule has 0 spiro atoms. The highest BCUT2D eigenvalue weighted by Gasteiger charge is 2.04. The van der Waals surface area contributed by atoms with Gasteiger partial charge in [-0.3, -0.25) is 0 Å². The molecule has 0 aliphatic heterocycles. The van der Waals surface area contributed by atoms with Crippen LogP contribution < -0.4 is 5.32 Å². The number of benzene rings is 2. The van der Waals surface area contributed by atoms with Crippen LogP contribution in [0.5, 0.6) is 0 Å². The Hall–Kier alpha value is -2.22. The van der Waals surface area contributed by atoms with E-state index in [4.69, 9.17) is 4.42 Å². The van der Waals surface area contributed by atoms with Crippen molar-refractivity contribution in [2.75, 3.05) is 5.32 Å². The van der Waals surface area contributed by atoms with Gasteiger partial charge in [0, 0.05) is 23.2 Å². The second-order valence-corrected chi connectivity index (χ2v) is 5.06. The van der Waals surface area contributed by atoms with Gasteiger partial charge in [0.15, 0.2) is 0 Å². The second kappa shape index (κ2) is 5.83. The Morgan fingerprint density at radius 3 is 2.60 bits per heavy atom. The third-order valence-corrected chi connectivity index (χ3v) is 3.54. The lowest BCUT2D eigenvalue weighted by Crippen LogP contribution is -1.98. The zero-order chi connectivity index (χ0) is 13.8. The molecule has 0 bridgehead atoms. The van der Waals surface area contributed by atoms with Crippen molar-refractivity contribution in [3.05, 3.63) is 65.9 Å². The van der Waals surface area contributed by atoms with Crippen molar-refractivity contribution < 1.29 is 4.42 Å². The van der Waals surface area contributed by atoms with Crippen molar-refractivity contribution >= 4 is 16.7 Å². The summed E-state index contributed by atoms with van der Waals surface area (Å²) in [5.74, 6) is 0. The summed E-state index contributed by atoms with van der Waals surface area (Å²) in [5.41, 5.74) is 4.68. The topological polar surface area (TPSA) is 25.2 Å². The molecule has 3 aromatic rings. The highest BCUT2D eigenvalue weighted by molar-refractivity contribution is 5.81. The number of rotatable bonds is 5. The molecular weight excluding hydrogens is 246 g/mol. The van der Waals surface area contributed by atoms with Crippen LogP contribution in [0.1, 0.15) is 24.5 Å². The Kier molecular flexibility index (Phi) is 3.73. The summed E-state index contributed by atoms with van der Waals surface area (Å²) in [6, 6.07) is 16.8. The van der Waals surface area contributed by atoms with Gasteiger partial charge in [-0.1, -0.05) is 43.7 Å². The fourth-order valence-electron chi connectivity index (χ4n) is 2.44. The molecule has 1 aromatic heterocycles. The summed E-state index contributed by atoms with van der Waals surface area (Å²) in [6.07, 6.45) is 4.17. The highest BCUT2D eigenvalue weighted by atomic mass is 16.3. The van der Waals surface area contributed by atoms with Crippen LogP contribution in [-0.2, 0) is 13.0 Å². The van der Waals surface area contributed by atoms with E-state index in [-0.39, 0.29) is 0 Å². The highest BCUT2D eigenvalue weighted by Crippen LogP contribution is 2.21. The van der Waals surface area contributed by atoms with E-state index in [0.717, 1.165) is 24.2 Å². The maximum atomic E-state index is 5.55. The van der Waals surface area contributed by atoms with Gasteiger partial charge in [0.2, 0.25) is 0 Å². The predicted octanol–water partition coefficient (Wildman–Crippen LogP) is 5.00. The molecule has 0 atom stereocenters. The lowest BCUT2D eigenvalue weighted by Gasteiger charge is -2.06. The van der Waals surface area contributed by atoms with E-state index < -0.39 is 0 Å². The minimum atomic E-state index is 0.782. The number of hydrogen-bond acceptors (Lipinski definition) is 2. The predicted molar refractivity (Wildman–Crippen MR) is 84.0 cm³/mol. The van der Waals surface area contributed by atoms with Crippen molar-refractivity contribution in [2.24, 2.45) is 0 Å². The van der Waals surface area contributed by atoms with Gasteiger partial charge in [0.25, 0.3) is 0 Å². The zero-order valence-electron chi connectivity index (χ0n) is 11.7. The summed E-state index contributed by atoms with van der Waals surface area (Å²) < 4.78 is 5.55. The van der Waals surface area contributed by atoms with E-state index >= 15 is 0 Å². The molecule has 0 fully saturated rings. The third kappa shape index (κ3) is 2.69. The standard InChI is InChI=1S/C18H19NO/c1-2-5-14-8-10-16(11-9-14)19-12-15-13-20-18-7-4-3-6-17(15)18/h3-4,6-11,13,19H,2,5,12H2,1H3. The molecule has 0 saturated heterocycles. The fourth-order valence-corrected chi connectivity index (χ4v) is 2.44. The molecule has 2 nitrogen and oxygen atoms in total. The lowest BCUT2D eigenvalue weighted by atomic mass is 10.1. The molecule has 0 radical (unpaired) electrons. The van der Waals surface area contributed by atoms with E-state index in [2.05, 4.69) is 42.6 Å². The minimum absolute atomic E-state index is 0.782. The summed E-state index contributed by atoms with van der Waals surface area (Å²) in [7, 11) is 0. The molecule has 1 heterocycles. The summed E-state index contributed by atoms with van der Waals surface area (Å²) >= 11 is 0. The van der Waals surface area contributed by atoms with Crippen LogP contribution in [0, 0.1) is 0 Å². The Balaban J connectivity index is 1.69. The molecule has 0 aliphatic rings. The maximum absolute atomic E-state index is 5.55. The smallest absolute Gasteiger partial charge is 0.134 e. The van der Waals surface area contributed by atoms with Crippen LogP contribution in [0.25, 0.3) is 11.0 Å². The van der Waals surface area contributed by atoms with Gasteiger partial charge in [-0.2, -0.15) is 0 Å². The van der Waals surface area contributed by atoms with Gasteiger partial charge in [-0.15, -0.1) is 0 Å². The van der Waals surface area contributed by atoms with Gasteiger partial charge in [-0.05, 0) is 30.2 Å². The van der Waals surface area contributed by atoms with Gasteiger partial charge in [-0.25, -0.2) is 0 Å². The van der Waals surface area contributed by atoms with E-state index in [9.17, 15) is 0 Å². The van der Waals surface area contributed by atoms with Crippen molar-refractivity contribution in [1.82, 2.24) is 0 Å². The van der Waals surface area contributed by atoms with Gasteiger partial charge < -0.3 is 9.73 Å². The first-order chi connectivity index (χ1) is 9.86. The number of fused-ring (bicyclic) bond motifs is 1. The Labute approximate surface area is 119 Å². The average molecular weight is 265 g/mol. The van der Waals surface area contributed by atoms with Gasteiger partial charge >= 0.3 is 0 Å². The molecule has 20 heavy (non-hydrogen) atoms. The Bertz CT molecular complexity index is 682. The second-order valence-electron chi connectivity index (χ2n) is 5.06. The largest absolute Gasteiger partial charge is 0.464 e. The molecule has 3 rings (SSSR count). The number of aryl methyl sites for hydroxylation is 1. The molecule has 0 aliphatic carbocycles. The molecule has 0 unspecified atom stereocenters. The first-order valence-electron chi connectivity index (χ1n) is 7.14. The number of anilines is 1. The normalized spacial score (nSPS) is 10.8. The van der Waals surface area contributed by atoms with Crippen molar-refractivity contribution in [2.45, 2.75) is 26.3 Å². The number of furan rings is 1. The summed E-state index contributed by atoms with van der Waals surface area (Å²) in [4.78, 5) is 0. The Morgan fingerprint density at radius 2 is 1.80 bits per heavy atom. The minimum Gasteiger partial charge on any atom is -0.464 e. The van der Waals surface area contributed by atoms with Crippen molar-refractivity contribution in [1.29, 1.82) is 0 Å². The van der Waals surface area contributed by atoms with Crippen molar-refractivity contribution in [3.63, 3.8) is 0 Å². The van der Waals surface area contributed by atoms with Gasteiger partial charge in [0.05, 0.1) is 6.26 Å². The van der Waals surface area contributed by atoms with Crippen LogP contribution in [0.3, 0.4) is 0 Å². The first kappa shape index (κ1) is 12.8. The van der Waals surface area contributed by atoms with E-state index in [1.165, 1.54) is 22.9 Å². The van der Waals surface area contributed by atoms with Crippen LogP contribution in [0.15, 0.2) is 59.2 Å². The van der Waals surface area contributed by atoms with Crippen molar-refractivity contribution in [3.8, 4) is 0 Å². The monoisotopic (exact) mass is 265 g/mol. The number of nitrogens with one attached hydrogen (secondary N) is 1. The van der Waals surface area contributed by atoms with E-state index in [1.807, 2.05) is 24.5 Å². The van der Waals surface area contributed by atoms with Crippen LogP contribution in [-0.4, -0.2) is 0 Å². The maximum Gasteiger partial charge on any atom is 0.134 e. The lowest BCUT2D eigenvalue weighted by molar-refractivity contribution is 0.611. The molecule has 1 N–H and O–H groups in total. The van der Waals surface area contributed by atoms with E-state index in [1.54, 1.807) is 0 Å². The fraction of sp³-hybridized carbons (Fsp3) is 0.222. The summed E-state index contributed by atoms with van der Waals surface area (Å²) in [5, 5.41) is 4.63. The zero-order valence-corrected chi connectivity index (χ0v) is 11.7. The van der Waals surface area contributed by atoms with E-state index in [0.29, 0.717) is 0 Å². The first-order valence-corrected chi connectivity index (χ1v) is 7.14. The molecule has 102 valence electrons. The number of hydrogen-bond donors (Lipinski definition) is 1. The molecule has 2 heteroatoms. The Morgan fingerprint density at radius 1 is 1.00 bits per heavy atom. The average Bonchev–Trinajstić information content (AvgIpc) is 2.90. The number of para-hydroxylation sites is 1.